The van der Waals surface area contributed by atoms with Crippen LogP contribution in [-0.2, 0) is 12.3 Å². The second-order valence-corrected chi connectivity index (χ2v) is 8.35. The van der Waals surface area contributed by atoms with Gasteiger partial charge in [-0.15, -0.1) is 10.2 Å². The van der Waals surface area contributed by atoms with E-state index < -0.39 is 0 Å². The number of nitrogens with zero attached hydrogens (tertiary/aromatic N) is 5. The van der Waals surface area contributed by atoms with E-state index in [1.807, 2.05) is 54.0 Å². The highest BCUT2D eigenvalue weighted by Gasteiger charge is 2.19. The molecular formula is C24H20N6O3S. The van der Waals surface area contributed by atoms with E-state index in [1.54, 1.807) is 18.7 Å². The van der Waals surface area contributed by atoms with Gasteiger partial charge in [-0.2, -0.15) is 0 Å². The molecule has 5 rings (SSSR count). The molecule has 0 aliphatic carbocycles. The summed E-state index contributed by atoms with van der Waals surface area (Å²) < 4.78 is 13.0. The van der Waals surface area contributed by atoms with Crippen molar-refractivity contribution in [3.63, 3.8) is 0 Å². The number of carbonyl (C=O) groups is 1. The van der Waals surface area contributed by atoms with Gasteiger partial charge in [0.1, 0.15) is 6.26 Å². The molecule has 0 radical (unpaired) electrons. The minimum Gasteiger partial charge on any atom is -0.461 e. The molecule has 1 N–H and O–H groups in total. The van der Waals surface area contributed by atoms with Crippen molar-refractivity contribution in [2.75, 3.05) is 0 Å². The molecule has 4 aromatic heterocycles. The van der Waals surface area contributed by atoms with Crippen molar-refractivity contribution < 1.29 is 13.6 Å². The Kier molecular flexibility index (Phi) is 6.21. The Hall–Kier alpha value is -4.18. The number of carbonyl (C=O) groups excluding carboxylic acids is 1. The maximum atomic E-state index is 12.4. The second-order valence-electron chi connectivity index (χ2n) is 7.41. The van der Waals surface area contributed by atoms with E-state index in [2.05, 4.69) is 31.5 Å². The molecule has 170 valence electrons. The summed E-state index contributed by atoms with van der Waals surface area (Å²) in [5.41, 5.74) is 3.21. The lowest BCUT2D eigenvalue weighted by atomic mass is 10.2. The number of rotatable bonds is 8. The summed E-state index contributed by atoms with van der Waals surface area (Å²) in [4.78, 5) is 20.7. The molecule has 0 fully saturated rings. The normalized spacial score (nSPS) is 11.0. The molecule has 1 aromatic carbocycles. The van der Waals surface area contributed by atoms with Gasteiger partial charge < -0.3 is 14.2 Å². The molecule has 0 spiro atoms. The Morgan fingerprint density at radius 3 is 2.76 bits per heavy atom. The van der Waals surface area contributed by atoms with E-state index in [-0.39, 0.29) is 11.6 Å². The highest BCUT2D eigenvalue weighted by atomic mass is 32.2. The standard InChI is InChI=1S/C24H20N6O3S/c1-16-4-2-5-18(12-16)30-22(20-6-3-11-32-20)28-29-24(30)34-15-21-27-19(14-33-21)23(31)26-13-17-7-9-25-10-8-17/h2-12,14H,13,15H2,1H3,(H,26,31). The quantitative estimate of drug-likeness (QED) is 0.330. The molecule has 0 saturated heterocycles. The van der Waals surface area contributed by atoms with Crippen molar-refractivity contribution in [2.24, 2.45) is 0 Å². The monoisotopic (exact) mass is 472 g/mol. The first-order chi connectivity index (χ1) is 16.7. The first-order valence-electron chi connectivity index (χ1n) is 10.5. The van der Waals surface area contributed by atoms with E-state index in [0.717, 1.165) is 16.8 Å². The Bertz CT molecular complexity index is 1400. The zero-order valence-electron chi connectivity index (χ0n) is 18.2. The molecule has 10 heteroatoms. The third-order valence-corrected chi connectivity index (χ3v) is 5.86. The molecule has 0 bridgehead atoms. The van der Waals surface area contributed by atoms with E-state index in [0.29, 0.717) is 34.9 Å². The van der Waals surface area contributed by atoms with Gasteiger partial charge in [-0.3, -0.25) is 14.3 Å². The lowest BCUT2D eigenvalue weighted by Crippen LogP contribution is -2.23. The summed E-state index contributed by atoms with van der Waals surface area (Å²) in [6.07, 6.45) is 6.32. The van der Waals surface area contributed by atoms with Gasteiger partial charge in [0.25, 0.3) is 5.91 Å². The third-order valence-electron chi connectivity index (χ3n) is 4.95. The van der Waals surface area contributed by atoms with Gasteiger partial charge in [0, 0.05) is 18.9 Å². The Labute approximate surface area is 199 Å². The zero-order valence-corrected chi connectivity index (χ0v) is 19.0. The highest BCUT2D eigenvalue weighted by molar-refractivity contribution is 7.98. The Morgan fingerprint density at radius 1 is 1.09 bits per heavy atom. The topological polar surface area (TPSA) is 112 Å². The van der Waals surface area contributed by atoms with Crippen molar-refractivity contribution in [3.05, 3.63) is 96.2 Å². The summed E-state index contributed by atoms with van der Waals surface area (Å²) >= 11 is 1.41. The molecule has 5 aromatic rings. The summed E-state index contributed by atoms with van der Waals surface area (Å²) in [6, 6.07) is 15.4. The summed E-state index contributed by atoms with van der Waals surface area (Å²) in [5, 5.41) is 12.2. The second kappa shape index (κ2) is 9.75. The molecule has 0 aliphatic rings. The molecule has 4 heterocycles. The van der Waals surface area contributed by atoms with Crippen LogP contribution in [0.5, 0.6) is 0 Å². The third kappa shape index (κ3) is 4.76. The van der Waals surface area contributed by atoms with Crippen LogP contribution in [0.1, 0.15) is 27.5 Å². The number of aromatic nitrogens is 5. The lowest BCUT2D eigenvalue weighted by Gasteiger charge is -2.09. The van der Waals surface area contributed by atoms with E-state index in [1.165, 1.54) is 18.0 Å². The molecular weight excluding hydrogens is 452 g/mol. The van der Waals surface area contributed by atoms with Crippen LogP contribution in [-0.4, -0.2) is 30.6 Å². The van der Waals surface area contributed by atoms with Crippen LogP contribution in [0.4, 0.5) is 0 Å². The van der Waals surface area contributed by atoms with Crippen LogP contribution in [0.2, 0.25) is 0 Å². The van der Waals surface area contributed by atoms with Crippen molar-refractivity contribution in [3.8, 4) is 17.3 Å². The SMILES string of the molecule is Cc1cccc(-n2c(SCc3nc(C(=O)NCc4ccncc4)co3)nnc2-c2ccco2)c1. The average Bonchev–Trinajstić information content (AvgIpc) is 3.62. The molecule has 9 nitrogen and oxygen atoms in total. The van der Waals surface area contributed by atoms with Crippen molar-refractivity contribution in [2.45, 2.75) is 24.4 Å². The van der Waals surface area contributed by atoms with E-state index >= 15 is 0 Å². The minimum absolute atomic E-state index is 0.223. The maximum absolute atomic E-state index is 12.4. The van der Waals surface area contributed by atoms with Gasteiger partial charge in [0.15, 0.2) is 16.6 Å². The number of furan rings is 1. The number of aryl methyl sites for hydroxylation is 1. The number of hydrogen-bond acceptors (Lipinski definition) is 8. The molecule has 34 heavy (non-hydrogen) atoms. The van der Waals surface area contributed by atoms with Crippen LogP contribution in [0.15, 0.2) is 87.4 Å². The fraction of sp³-hybridized carbons (Fsp3) is 0.125. The summed E-state index contributed by atoms with van der Waals surface area (Å²) in [7, 11) is 0. The molecule has 0 aliphatic heterocycles. The predicted octanol–water partition coefficient (Wildman–Crippen LogP) is 4.44. The predicted molar refractivity (Wildman–Crippen MR) is 125 cm³/mol. The van der Waals surface area contributed by atoms with Crippen LogP contribution in [0, 0.1) is 6.92 Å². The largest absolute Gasteiger partial charge is 0.461 e. The maximum Gasteiger partial charge on any atom is 0.273 e. The Balaban J connectivity index is 1.31. The molecule has 0 atom stereocenters. The number of nitrogens with one attached hydrogen (secondary N) is 1. The first-order valence-corrected chi connectivity index (χ1v) is 11.5. The van der Waals surface area contributed by atoms with Crippen LogP contribution >= 0.6 is 11.8 Å². The fourth-order valence-corrected chi connectivity index (χ4v) is 4.11. The smallest absolute Gasteiger partial charge is 0.273 e. The summed E-state index contributed by atoms with van der Waals surface area (Å²) in [6.45, 7) is 2.41. The number of thioether (sulfide) groups is 1. The minimum atomic E-state index is -0.306. The van der Waals surface area contributed by atoms with Gasteiger partial charge in [-0.05, 0) is 54.4 Å². The van der Waals surface area contributed by atoms with Crippen LogP contribution in [0.25, 0.3) is 17.3 Å². The van der Waals surface area contributed by atoms with Gasteiger partial charge in [0.05, 0.1) is 17.7 Å². The first kappa shape index (κ1) is 21.7. The van der Waals surface area contributed by atoms with Crippen molar-refractivity contribution in [1.29, 1.82) is 0 Å². The number of benzene rings is 1. The van der Waals surface area contributed by atoms with Crippen LogP contribution in [0.3, 0.4) is 0 Å². The fourth-order valence-electron chi connectivity index (χ4n) is 3.31. The number of amides is 1. The van der Waals surface area contributed by atoms with E-state index in [4.69, 9.17) is 8.83 Å². The Morgan fingerprint density at radius 2 is 1.97 bits per heavy atom. The summed E-state index contributed by atoms with van der Waals surface area (Å²) in [5.74, 6) is 1.70. The zero-order chi connectivity index (χ0) is 23.3. The van der Waals surface area contributed by atoms with Gasteiger partial charge in [-0.25, -0.2) is 4.98 Å². The van der Waals surface area contributed by atoms with Crippen molar-refractivity contribution >= 4 is 17.7 Å². The van der Waals surface area contributed by atoms with Gasteiger partial charge >= 0.3 is 0 Å². The number of oxazole rings is 1. The average molecular weight is 473 g/mol. The van der Waals surface area contributed by atoms with Crippen LogP contribution < -0.4 is 5.32 Å². The van der Waals surface area contributed by atoms with Crippen molar-refractivity contribution in [1.82, 2.24) is 30.0 Å². The number of pyridine rings is 1. The molecule has 0 saturated carbocycles. The van der Waals surface area contributed by atoms with Gasteiger partial charge in [-0.1, -0.05) is 23.9 Å². The molecule has 0 unspecified atom stereocenters. The van der Waals surface area contributed by atoms with Gasteiger partial charge in [0.2, 0.25) is 11.7 Å². The molecule has 1 amide bonds. The van der Waals surface area contributed by atoms with E-state index in [9.17, 15) is 4.79 Å². The highest BCUT2D eigenvalue weighted by Crippen LogP contribution is 2.30. The lowest BCUT2D eigenvalue weighted by molar-refractivity contribution is 0.0946. The number of hydrogen-bond donors (Lipinski definition) is 1.